The molecule has 0 amide bonds. The van der Waals surface area contributed by atoms with Gasteiger partial charge in [-0.15, -0.1) is 0 Å². The van der Waals surface area contributed by atoms with Crippen molar-refractivity contribution in [3.63, 3.8) is 0 Å². The summed E-state index contributed by atoms with van der Waals surface area (Å²) in [5.74, 6) is -0.729. The molecule has 0 N–H and O–H groups in total. The fourth-order valence-electron chi connectivity index (χ4n) is 4.45. The predicted octanol–water partition coefficient (Wildman–Crippen LogP) is 7.63. The van der Waals surface area contributed by atoms with Crippen molar-refractivity contribution in [2.45, 2.75) is 78.1 Å². The van der Waals surface area contributed by atoms with Gasteiger partial charge in [-0.2, -0.15) is 0 Å². The number of nitrogens with zero attached hydrogens (tertiary/aromatic N) is 2. The van der Waals surface area contributed by atoms with Crippen LogP contribution in [0.4, 0.5) is 0 Å². The SMILES string of the molecule is CCCCCCCCCCCCOc1cnc(-c2ccc(C(=O)Oc3ccc(C(=O)OCC(C)C(=O)OC)cc3)cc2)nc1. The third-order valence-electron chi connectivity index (χ3n) is 7.14. The first kappa shape index (κ1) is 34.2. The van der Waals surface area contributed by atoms with Gasteiger partial charge in [0, 0.05) is 5.56 Å². The Balaban J connectivity index is 1.38. The molecule has 0 spiro atoms. The highest BCUT2D eigenvalue weighted by atomic mass is 16.5. The van der Waals surface area contributed by atoms with E-state index in [1.54, 1.807) is 43.6 Å². The molecular formula is C35H44N2O7. The lowest BCUT2D eigenvalue weighted by Crippen LogP contribution is -2.20. The van der Waals surface area contributed by atoms with Crippen LogP contribution in [-0.2, 0) is 14.3 Å². The van der Waals surface area contributed by atoms with Crippen molar-refractivity contribution in [1.29, 1.82) is 0 Å². The van der Waals surface area contributed by atoms with Gasteiger partial charge >= 0.3 is 17.9 Å². The van der Waals surface area contributed by atoms with Crippen LogP contribution in [0.1, 0.15) is 98.8 Å². The molecule has 3 aromatic rings. The van der Waals surface area contributed by atoms with Crippen LogP contribution in [0.2, 0.25) is 0 Å². The van der Waals surface area contributed by atoms with E-state index >= 15 is 0 Å². The zero-order chi connectivity index (χ0) is 31.6. The highest BCUT2D eigenvalue weighted by Crippen LogP contribution is 2.20. The zero-order valence-corrected chi connectivity index (χ0v) is 26.1. The van der Waals surface area contributed by atoms with Crippen molar-refractivity contribution in [3.05, 3.63) is 72.1 Å². The van der Waals surface area contributed by atoms with E-state index in [1.807, 2.05) is 0 Å². The van der Waals surface area contributed by atoms with Crippen LogP contribution in [0.3, 0.4) is 0 Å². The zero-order valence-electron chi connectivity index (χ0n) is 26.1. The highest BCUT2D eigenvalue weighted by molar-refractivity contribution is 5.92. The average Bonchev–Trinajstić information content (AvgIpc) is 3.06. The first-order valence-electron chi connectivity index (χ1n) is 15.5. The van der Waals surface area contributed by atoms with Crippen LogP contribution < -0.4 is 9.47 Å². The van der Waals surface area contributed by atoms with Gasteiger partial charge < -0.3 is 18.9 Å². The molecule has 9 nitrogen and oxygen atoms in total. The van der Waals surface area contributed by atoms with E-state index in [2.05, 4.69) is 21.6 Å². The topological polar surface area (TPSA) is 114 Å². The van der Waals surface area contributed by atoms with E-state index in [9.17, 15) is 14.4 Å². The van der Waals surface area contributed by atoms with Crippen LogP contribution in [0, 0.1) is 5.92 Å². The molecule has 0 fully saturated rings. The predicted molar refractivity (Wildman–Crippen MR) is 168 cm³/mol. The lowest BCUT2D eigenvalue weighted by Gasteiger charge is -2.10. The molecule has 236 valence electrons. The molecular weight excluding hydrogens is 560 g/mol. The Labute approximate surface area is 260 Å². The molecule has 0 aliphatic heterocycles. The van der Waals surface area contributed by atoms with Gasteiger partial charge in [-0.3, -0.25) is 4.79 Å². The van der Waals surface area contributed by atoms with Crippen LogP contribution in [0.25, 0.3) is 11.4 Å². The molecule has 1 heterocycles. The Morgan fingerprint density at radius 1 is 0.705 bits per heavy atom. The van der Waals surface area contributed by atoms with Gasteiger partial charge in [0.15, 0.2) is 11.6 Å². The van der Waals surface area contributed by atoms with Crippen LogP contribution in [0.15, 0.2) is 60.9 Å². The number of esters is 3. The lowest BCUT2D eigenvalue weighted by molar-refractivity contribution is -0.146. The summed E-state index contributed by atoms with van der Waals surface area (Å²) in [7, 11) is 1.28. The number of carbonyl (C=O) groups excluding carboxylic acids is 3. The molecule has 1 atom stereocenters. The quantitative estimate of drug-likeness (QED) is 0.0774. The Hall–Kier alpha value is -4.27. The Bertz CT molecular complexity index is 1290. The standard InChI is InChI=1S/C35H44N2O7/c1-4-5-6-7-8-9-10-11-12-13-22-42-31-23-36-32(37-24-31)27-14-16-29(17-15-27)35(40)44-30-20-18-28(19-21-30)34(39)43-25-26(2)33(38)41-3/h14-21,23-24,26H,4-13,22,25H2,1-3H3. The maximum atomic E-state index is 12.6. The fraction of sp³-hybridized carbons (Fsp3) is 0.457. The number of benzene rings is 2. The maximum Gasteiger partial charge on any atom is 0.343 e. The van der Waals surface area contributed by atoms with Gasteiger partial charge in [0.2, 0.25) is 0 Å². The van der Waals surface area contributed by atoms with Crippen molar-refractivity contribution >= 4 is 17.9 Å². The Morgan fingerprint density at radius 2 is 1.25 bits per heavy atom. The van der Waals surface area contributed by atoms with Gasteiger partial charge in [0.25, 0.3) is 0 Å². The summed E-state index contributed by atoms with van der Waals surface area (Å²) < 4.78 is 21.0. The fourth-order valence-corrected chi connectivity index (χ4v) is 4.45. The number of aromatic nitrogens is 2. The minimum atomic E-state index is -0.592. The molecule has 1 unspecified atom stereocenters. The number of hydrogen-bond acceptors (Lipinski definition) is 9. The van der Waals surface area contributed by atoms with Crippen LogP contribution in [0.5, 0.6) is 11.5 Å². The van der Waals surface area contributed by atoms with Crippen molar-refractivity contribution < 1.29 is 33.3 Å². The highest BCUT2D eigenvalue weighted by Gasteiger charge is 2.17. The Kier molecular flexibility index (Phi) is 14.9. The van der Waals surface area contributed by atoms with Crippen molar-refractivity contribution in [1.82, 2.24) is 9.97 Å². The molecule has 2 aromatic carbocycles. The number of ether oxygens (including phenoxy) is 4. The largest absolute Gasteiger partial charge is 0.490 e. The lowest BCUT2D eigenvalue weighted by atomic mass is 10.1. The van der Waals surface area contributed by atoms with E-state index in [0.717, 1.165) is 12.0 Å². The van der Waals surface area contributed by atoms with Gasteiger partial charge in [0.05, 0.1) is 43.2 Å². The number of unbranched alkanes of at least 4 members (excludes halogenated alkanes) is 9. The van der Waals surface area contributed by atoms with E-state index in [4.69, 9.17) is 14.2 Å². The van der Waals surface area contributed by atoms with Crippen molar-refractivity contribution in [2.24, 2.45) is 5.92 Å². The van der Waals surface area contributed by atoms with E-state index < -0.39 is 23.8 Å². The number of hydrogen-bond donors (Lipinski definition) is 0. The second-order valence-electron chi connectivity index (χ2n) is 10.8. The molecule has 0 bridgehead atoms. The summed E-state index contributed by atoms with van der Waals surface area (Å²) in [6.45, 7) is 4.41. The first-order valence-corrected chi connectivity index (χ1v) is 15.5. The first-order chi connectivity index (χ1) is 21.4. The molecule has 0 saturated heterocycles. The van der Waals surface area contributed by atoms with E-state index in [1.165, 1.54) is 89.2 Å². The summed E-state index contributed by atoms with van der Waals surface area (Å²) in [6, 6.07) is 12.8. The number of carbonyl (C=O) groups is 3. The molecule has 0 radical (unpaired) electrons. The molecule has 44 heavy (non-hydrogen) atoms. The molecule has 3 rings (SSSR count). The summed E-state index contributed by atoms with van der Waals surface area (Å²) in [5.41, 5.74) is 1.37. The van der Waals surface area contributed by atoms with Gasteiger partial charge in [-0.05, 0) is 49.7 Å². The minimum absolute atomic E-state index is 0.0966. The molecule has 0 aliphatic carbocycles. The number of rotatable bonds is 19. The monoisotopic (exact) mass is 604 g/mol. The second kappa shape index (κ2) is 19.1. The van der Waals surface area contributed by atoms with Crippen LogP contribution >= 0.6 is 0 Å². The van der Waals surface area contributed by atoms with E-state index in [0.29, 0.717) is 23.7 Å². The van der Waals surface area contributed by atoms with Crippen molar-refractivity contribution in [3.8, 4) is 22.9 Å². The number of methoxy groups -OCH3 is 1. The van der Waals surface area contributed by atoms with Crippen molar-refractivity contribution in [2.75, 3.05) is 20.3 Å². The Morgan fingerprint density at radius 3 is 1.84 bits per heavy atom. The second-order valence-corrected chi connectivity index (χ2v) is 10.8. The summed E-state index contributed by atoms with van der Waals surface area (Å²) in [4.78, 5) is 45.1. The molecule has 9 heteroatoms. The van der Waals surface area contributed by atoms with Gasteiger partial charge in [-0.1, -0.05) is 76.8 Å². The average molecular weight is 605 g/mol. The molecule has 0 saturated carbocycles. The minimum Gasteiger partial charge on any atom is -0.490 e. The molecule has 1 aromatic heterocycles. The smallest absolute Gasteiger partial charge is 0.343 e. The summed E-state index contributed by atoms with van der Waals surface area (Å²) in [5, 5.41) is 0. The third kappa shape index (κ3) is 11.8. The van der Waals surface area contributed by atoms with E-state index in [-0.39, 0.29) is 17.9 Å². The van der Waals surface area contributed by atoms with Gasteiger partial charge in [0.1, 0.15) is 12.4 Å². The maximum absolute atomic E-state index is 12.6. The summed E-state index contributed by atoms with van der Waals surface area (Å²) in [6.07, 6.45) is 16.1. The van der Waals surface area contributed by atoms with Gasteiger partial charge in [-0.25, -0.2) is 19.6 Å². The normalized spacial score (nSPS) is 11.4. The third-order valence-corrected chi connectivity index (χ3v) is 7.14. The molecule has 0 aliphatic rings. The summed E-state index contributed by atoms with van der Waals surface area (Å²) >= 11 is 0. The van der Waals surface area contributed by atoms with Crippen LogP contribution in [-0.4, -0.2) is 48.2 Å².